The predicted molar refractivity (Wildman–Crippen MR) is 78.9 cm³/mol. The average molecular weight is 293 g/mol. The molecule has 114 valence electrons. The lowest BCUT2D eigenvalue weighted by Gasteiger charge is -2.00. The van der Waals surface area contributed by atoms with E-state index in [1.54, 1.807) is 18.2 Å². The minimum absolute atomic E-state index is 0.0842. The molecule has 2 aromatic rings. The third-order valence-corrected chi connectivity index (χ3v) is 2.49. The van der Waals surface area contributed by atoms with Crippen molar-refractivity contribution in [3.05, 3.63) is 46.3 Å². The van der Waals surface area contributed by atoms with Crippen LogP contribution in [0.2, 0.25) is 0 Å². The van der Waals surface area contributed by atoms with Gasteiger partial charge < -0.3 is 13.9 Å². The van der Waals surface area contributed by atoms with Gasteiger partial charge in [0, 0.05) is 12.7 Å². The van der Waals surface area contributed by atoms with E-state index in [0.717, 1.165) is 12.2 Å². The quantitative estimate of drug-likeness (QED) is 0.496. The number of rotatable bonds is 6. The van der Waals surface area contributed by atoms with Crippen molar-refractivity contribution in [1.82, 2.24) is 5.32 Å². The fourth-order valence-electron chi connectivity index (χ4n) is 1.55. The summed E-state index contributed by atoms with van der Waals surface area (Å²) in [5, 5.41) is 3.37. The van der Waals surface area contributed by atoms with Gasteiger partial charge in [-0.2, -0.15) is 0 Å². The second-order valence-electron chi connectivity index (χ2n) is 4.01. The summed E-state index contributed by atoms with van der Waals surface area (Å²) in [6.45, 7) is 3.98. The lowest BCUT2D eigenvalue weighted by atomic mass is 10.1. The first kappa shape index (κ1) is 16.9. The van der Waals surface area contributed by atoms with Crippen molar-refractivity contribution in [1.29, 1.82) is 0 Å². The van der Waals surface area contributed by atoms with Gasteiger partial charge in [-0.1, -0.05) is 6.07 Å². The summed E-state index contributed by atoms with van der Waals surface area (Å²) in [7, 11) is 1.86. The molecule has 0 fully saturated rings. The number of benzene rings is 1. The number of ether oxygens (including phenoxy) is 2. The van der Waals surface area contributed by atoms with E-state index in [9.17, 15) is 9.59 Å². The van der Waals surface area contributed by atoms with E-state index in [-0.39, 0.29) is 12.0 Å². The molecule has 0 bridgehead atoms. The monoisotopic (exact) mass is 293 g/mol. The van der Waals surface area contributed by atoms with Gasteiger partial charge in [-0.05, 0) is 31.7 Å². The molecule has 0 amide bonds. The van der Waals surface area contributed by atoms with E-state index in [1.807, 2.05) is 14.0 Å². The summed E-state index contributed by atoms with van der Waals surface area (Å²) in [5.74, 6) is 0. The van der Waals surface area contributed by atoms with Gasteiger partial charge in [-0.3, -0.25) is 14.9 Å². The van der Waals surface area contributed by atoms with E-state index >= 15 is 0 Å². The SMILES string of the molecule is CCOCNC.O=COCc1ccc2c(=O)ccoc2c1. The molecule has 1 aromatic carbocycles. The zero-order chi connectivity index (χ0) is 15.5. The molecule has 0 spiro atoms. The molecular weight excluding hydrogens is 274 g/mol. The van der Waals surface area contributed by atoms with Crippen LogP contribution in [0.1, 0.15) is 12.5 Å². The topological polar surface area (TPSA) is 77.8 Å². The summed E-state index contributed by atoms with van der Waals surface area (Å²) in [4.78, 5) is 21.4. The van der Waals surface area contributed by atoms with E-state index in [2.05, 4.69) is 10.1 Å². The molecule has 1 N–H and O–H groups in total. The molecule has 6 heteroatoms. The first-order valence-electron chi connectivity index (χ1n) is 6.51. The Balaban J connectivity index is 0.000000315. The van der Waals surface area contributed by atoms with Gasteiger partial charge in [-0.25, -0.2) is 0 Å². The Kier molecular flexibility index (Phi) is 7.78. The maximum atomic E-state index is 11.4. The minimum atomic E-state index is -0.0842. The Morgan fingerprint density at radius 3 is 2.76 bits per heavy atom. The first-order valence-corrected chi connectivity index (χ1v) is 6.51. The Morgan fingerprint density at radius 1 is 1.33 bits per heavy atom. The Morgan fingerprint density at radius 2 is 2.14 bits per heavy atom. The highest BCUT2D eigenvalue weighted by Crippen LogP contribution is 2.12. The van der Waals surface area contributed by atoms with Gasteiger partial charge in [0.15, 0.2) is 5.43 Å². The summed E-state index contributed by atoms with van der Waals surface area (Å²) in [6, 6.07) is 6.43. The molecule has 0 atom stereocenters. The zero-order valence-corrected chi connectivity index (χ0v) is 12.1. The summed E-state index contributed by atoms with van der Waals surface area (Å²) in [6.07, 6.45) is 1.34. The maximum Gasteiger partial charge on any atom is 0.293 e. The molecule has 21 heavy (non-hydrogen) atoms. The number of carbonyl (C=O) groups excluding carboxylic acids is 1. The van der Waals surface area contributed by atoms with Crippen LogP contribution in [0.5, 0.6) is 0 Å². The van der Waals surface area contributed by atoms with Crippen molar-refractivity contribution in [3.63, 3.8) is 0 Å². The van der Waals surface area contributed by atoms with Gasteiger partial charge in [0.05, 0.1) is 18.4 Å². The number of fused-ring (bicyclic) bond motifs is 1. The highest BCUT2D eigenvalue weighted by atomic mass is 16.5. The fourth-order valence-corrected chi connectivity index (χ4v) is 1.55. The van der Waals surface area contributed by atoms with E-state index < -0.39 is 0 Å². The Bertz CT molecular complexity index is 604. The van der Waals surface area contributed by atoms with Crippen molar-refractivity contribution >= 4 is 17.4 Å². The molecule has 0 aliphatic carbocycles. The van der Waals surface area contributed by atoms with Crippen LogP contribution in [0.15, 0.2) is 39.7 Å². The smallest absolute Gasteiger partial charge is 0.293 e. The lowest BCUT2D eigenvalue weighted by Crippen LogP contribution is -2.10. The van der Waals surface area contributed by atoms with Crippen LogP contribution in [-0.2, 0) is 20.9 Å². The lowest BCUT2D eigenvalue weighted by molar-refractivity contribution is -0.129. The van der Waals surface area contributed by atoms with Crippen LogP contribution in [0.4, 0.5) is 0 Å². The van der Waals surface area contributed by atoms with Crippen LogP contribution in [-0.4, -0.2) is 26.9 Å². The molecular formula is C15H19NO5. The van der Waals surface area contributed by atoms with Crippen LogP contribution >= 0.6 is 0 Å². The second kappa shape index (κ2) is 9.68. The molecule has 0 saturated heterocycles. The third kappa shape index (κ3) is 5.76. The second-order valence-corrected chi connectivity index (χ2v) is 4.01. The van der Waals surface area contributed by atoms with Crippen molar-refractivity contribution in [2.24, 2.45) is 0 Å². The molecule has 0 radical (unpaired) electrons. The van der Waals surface area contributed by atoms with Crippen LogP contribution < -0.4 is 10.7 Å². The number of nitrogens with one attached hydrogen (secondary N) is 1. The van der Waals surface area contributed by atoms with Gasteiger partial charge in [-0.15, -0.1) is 0 Å². The third-order valence-electron chi connectivity index (χ3n) is 2.49. The minimum Gasteiger partial charge on any atom is -0.464 e. The number of carbonyl (C=O) groups is 1. The fraction of sp³-hybridized carbons (Fsp3) is 0.333. The normalized spacial score (nSPS) is 9.81. The molecule has 2 rings (SSSR count). The molecule has 6 nitrogen and oxygen atoms in total. The summed E-state index contributed by atoms with van der Waals surface area (Å²) < 4.78 is 14.6. The van der Waals surface area contributed by atoms with Crippen LogP contribution in [0, 0.1) is 0 Å². The first-order chi connectivity index (χ1) is 10.2. The molecule has 0 unspecified atom stereocenters. The van der Waals surface area contributed by atoms with Crippen molar-refractivity contribution in [2.75, 3.05) is 20.4 Å². The van der Waals surface area contributed by atoms with E-state index in [4.69, 9.17) is 9.15 Å². The largest absolute Gasteiger partial charge is 0.464 e. The predicted octanol–water partition coefficient (Wildman–Crippen LogP) is 1.67. The van der Waals surface area contributed by atoms with Crippen molar-refractivity contribution in [2.45, 2.75) is 13.5 Å². The van der Waals surface area contributed by atoms with Crippen LogP contribution in [0.25, 0.3) is 11.0 Å². The van der Waals surface area contributed by atoms with Crippen LogP contribution in [0.3, 0.4) is 0 Å². The average Bonchev–Trinajstić information content (AvgIpc) is 2.51. The van der Waals surface area contributed by atoms with E-state index in [0.29, 0.717) is 24.2 Å². The molecule has 1 heterocycles. The van der Waals surface area contributed by atoms with E-state index in [1.165, 1.54) is 12.3 Å². The van der Waals surface area contributed by atoms with Gasteiger partial charge in [0.2, 0.25) is 0 Å². The highest BCUT2D eigenvalue weighted by Gasteiger charge is 2.01. The van der Waals surface area contributed by atoms with Crippen molar-refractivity contribution < 1.29 is 18.7 Å². The van der Waals surface area contributed by atoms with Gasteiger partial charge >= 0.3 is 0 Å². The number of hydrogen-bond donors (Lipinski definition) is 1. The number of hydrogen-bond acceptors (Lipinski definition) is 6. The highest BCUT2D eigenvalue weighted by molar-refractivity contribution is 5.76. The summed E-state index contributed by atoms with van der Waals surface area (Å²) in [5.41, 5.74) is 1.19. The maximum absolute atomic E-state index is 11.4. The molecule has 0 aliphatic heterocycles. The molecule has 0 saturated carbocycles. The molecule has 0 aliphatic rings. The van der Waals surface area contributed by atoms with Gasteiger partial charge in [0.1, 0.15) is 12.2 Å². The van der Waals surface area contributed by atoms with Crippen molar-refractivity contribution in [3.8, 4) is 0 Å². The zero-order valence-electron chi connectivity index (χ0n) is 12.1. The Hall–Kier alpha value is -2.18. The summed E-state index contributed by atoms with van der Waals surface area (Å²) >= 11 is 0. The standard InChI is InChI=1S/C11H8O4.C4H11NO/c12-7-14-6-8-1-2-9-10(13)3-4-15-11(9)5-8;1-3-6-4-5-2/h1-5,7H,6H2;5H,3-4H2,1-2H3. The molecule has 1 aromatic heterocycles. The Labute approximate surface area is 122 Å². The van der Waals surface area contributed by atoms with Gasteiger partial charge in [0.25, 0.3) is 6.47 Å².